The summed E-state index contributed by atoms with van der Waals surface area (Å²) in [5.74, 6) is -1.05. The van der Waals surface area contributed by atoms with Crippen molar-refractivity contribution in [1.29, 1.82) is 0 Å². The second-order valence-corrected chi connectivity index (χ2v) is 4.63. The van der Waals surface area contributed by atoms with Crippen LogP contribution in [-0.4, -0.2) is 31.0 Å². The van der Waals surface area contributed by atoms with Crippen LogP contribution in [0, 0.1) is 10.1 Å². The Hall–Kier alpha value is -3.42. The summed E-state index contributed by atoms with van der Waals surface area (Å²) >= 11 is 0. The van der Waals surface area contributed by atoms with Gasteiger partial charge in [-0.15, -0.1) is 0 Å². The molecular weight excluding hydrogens is 316 g/mol. The second kappa shape index (κ2) is 7.23. The molecule has 0 unspecified atom stereocenters. The van der Waals surface area contributed by atoms with Crippen molar-refractivity contribution in [1.82, 2.24) is 0 Å². The lowest BCUT2D eigenvalue weighted by Crippen LogP contribution is -2.17. The van der Waals surface area contributed by atoms with Gasteiger partial charge in [0.1, 0.15) is 11.4 Å². The van der Waals surface area contributed by atoms with Gasteiger partial charge in [-0.3, -0.25) is 14.9 Å². The first-order valence-corrected chi connectivity index (χ1v) is 6.79. The number of methoxy groups -OCH3 is 2. The average molecular weight is 330 g/mol. The summed E-state index contributed by atoms with van der Waals surface area (Å²) in [6.45, 7) is 0. The van der Waals surface area contributed by atoms with E-state index in [9.17, 15) is 19.7 Å². The zero-order valence-corrected chi connectivity index (χ0v) is 12.9. The summed E-state index contributed by atoms with van der Waals surface area (Å²) < 4.78 is 9.56. The smallest absolute Gasteiger partial charge is 0.338 e. The number of nitrogens with one attached hydrogen (secondary N) is 1. The minimum absolute atomic E-state index is 0.00883. The molecule has 0 aromatic heterocycles. The van der Waals surface area contributed by atoms with Crippen molar-refractivity contribution in [2.75, 3.05) is 19.5 Å². The molecule has 0 bridgehead atoms. The number of esters is 1. The molecule has 1 amide bonds. The molecule has 0 aliphatic rings. The third-order valence-corrected chi connectivity index (χ3v) is 3.23. The van der Waals surface area contributed by atoms with Gasteiger partial charge in [0, 0.05) is 0 Å². The Kier molecular flexibility index (Phi) is 5.10. The molecule has 2 aromatic rings. The molecule has 0 aliphatic heterocycles. The van der Waals surface area contributed by atoms with Crippen LogP contribution in [0.5, 0.6) is 5.75 Å². The Morgan fingerprint density at radius 2 is 1.75 bits per heavy atom. The van der Waals surface area contributed by atoms with Crippen LogP contribution in [0.1, 0.15) is 20.7 Å². The van der Waals surface area contributed by atoms with Crippen LogP contribution in [0.4, 0.5) is 11.4 Å². The lowest BCUT2D eigenvalue weighted by atomic mass is 10.1. The zero-order chi connectivity index (χ0) is 17.7. The molecular formula is C16H14N2O6. The van der Waals surface area contributed by atoms with Crippen LogP contribution in [0.15, 0.2) is 42.5 Å². The topological polar surface area (TPSA) is 108 Å². The molecule has 8 nitrogen and oxygen atoms in total. The van der Waals surface area contributed by atoms with Gasteiger partial charge < -0.3 is 14.8 Å². The van der Waals surface area contributed by atoms with Crippen LogP contribution in [-0.2, 0) is 4.74 Å². The molecule has 0 saturated carbocycles. The minimum atomic E-state index is -0.676. The van der Waals surface area contributed by atoms with Crippen LogP contribution >= 0.6 is 0 Å². The monoisotopic (exact) mass is 330 g/mol. The van der Waals surface area contributed by atoms with Gasteiger partial charge in [-0.2, -0.15) is 0 Å². The highest BCUT2D eigenvalue weighted by Crippen LogP contribution is 2.29. The third kappa shape index (κ3) is 3.49. The van der Waals surface area contributed by atoms with E-state index in [4.69, 9.17) is 4.74 Å². The predicted octanol–water partition coefficient (Wildman–Crippen LogP) is 2.64. The summed E-state index contributed by atoms with van der Waals surface area (Å²) in [4.78, 5) is 34.7. The number of anilines is 1. The highest BCUT2D eigenvalue weighted by atomic mass is 16.6. The first-order valence-electron chi connectivity index (χ1n) is 6.79. The van der Waals surface area contributed by atoms with E-state index in [1.54, 1.807) is 12.1 Å². The fourth-order valence-electron chi connectivity index (χ4n) is 2.05. The van der Waals surface area contributed by atoms with E-state index < -0.39 is 16.8 Å². The van der Waals surface area contributed by atoms with E-state index in [0.29, 0.717) is 0 Å². The summed E-state index contributed by atoms with van der Waals surface area (Å²) in [5.41, 5.74) is -0.216. The lowest BCUT2D eigenvalue weighted by Gasteiger charge is -2.10. The van der Waals surface area contributed by atoms with Crippen molar-refractivity contribution in [3.05, 3.63) is 63.7 Å². The fourth-order valence-corrected chi connectivity index (χ4v) is 2.05. The van der Waals surface area contributed by atoms with Gasteiger partial charge in [-0.1, -0.05) is 12.1 Å². The van der Waals surface area contributed by atoms with Crippen molar-refractivity contribution in [2.24, 2.45) is 0 Å². The molecule has 2 rings (SSSR count). The van der Waals surface area contributed by atoms with E-state index in [1.165, 1.54) is 44.6 Å². The van der Waals surface area contributed by atoms with E-state index >= 15 is 0 Å². The van der Waals surface area contributed by atoms with Crippen molar-refractivity contribution in [3.63, 3.8) is 0 Å². The SMILES string of the molecule is COC(=O)c1ccccc1C(=O)Nc1ccc(OC)cc1[N+](=O)[O-]. The summed E-state index contributed by atoms with van der Waals surface area (Å²) in [5, 5.41) is 13.6. The molecule has 2 aromatic carbocycles. The Bertz CT molecular complexity index is 803. The van der Waals surface area contributed by atoms with E-state index in [0.717, 1.165) is 0 Å². The lowest BCUT2D eigenvalue weighted by molar-refractivity contribution is -0.384. The number of hydrogen-bond donors (Lipinski definition) is 1. The molecule has 0 saturated heterocycles. The van der Waals surface area contributed by atoms with Gasteiger partial charge in [0.2, 0.25) is 0 Å². The van der Waals surface area contributed by atoms with Crippen molar-refractivity contribution in [3.8, 4) is 5.75 Å². The molecule has 8 heteroatoms. The highest BCUT2D eigenvalue weighted by molar-refractivity contribution is 6.11. The summed E-state index contributed by atoms with van der Waals surface area (Å²) in [6.07, 6.45) is 0. The maximum absolute atomic E-state index is 12.4. The second-order valence-electron chi connectivity index (χ2n) is 4.63. The van der Waals surface area contributed by atoms with Gasteiger partial charge in [-0.25, -0.2) is 4.79 Å². The molecule has 0 fully saturated rings. The van der Waals surface area contributed by atoms with Crippen molar-refractivity contribution >= 4 is 23.3 Å². The Labute approximate surface area is 137 Å². The number of nitro groups is 1. The molecule has 24 heavy (non-hydrogen) atoms. The normalized spacial score (nSPS) is 9.92. The van der Waals surface area contributed by atoms with Gasteiger partial charge in [0.15, 0.2) is 0 Å². The number of ether oxygens (including phenoxy) is 2. The van der Waals surface area contributed by atoms with E-state index in [-0.39, 0.29) is 28.3 Å². The van der Waals surface area contributed by atoms with Gasteiger partial charge >= 0.3 is 5.97 Å². The maximum Gasteiger partial charge on any atom is 0.338 e. The molecule has 124 valence electrons. The van der Waals surface area contributed by atoms with Gasteiger partial charge in [0.05, 0.1) is 36.3 Å². The van der Waals surface area contributed by atoms with Crippen LogP contribution in [0.25, 0.3) is 0 Å². The largest absolute Gasteiger partial charge is 0.496 e. The molecule has 0 heterocycles. The number of rotatable bonds is 5. The third-order valence-electron chi connectivity index (χ3n) is 3.23. The number of carbonyl (C=O) groups excluding carboxylic acids is 2. The van der Waals surface area contributed by atoms with Gasteiger partial charge in [-0.05, 0) is 24.3 Å². The van der Waals surface area contributed by atoms with Crippen LogP contribution in [0.3, 0.4) is 0 Å². The average Bonchev–Trinajstić information content (AvgIpc) is 2.61. The summed E-state index contributed by atoms with van der Waals surface area (Å²) in [6, 6.07) is 10.1. The number of nitro benzene ring substituents is 1. The zero-order valence-electron chi connectivity index (χ0n) is 12.9. The first kappa shape index (κ1) is 16.9. The number of nitrogens with zero attached hydrogens (tertiary/aromatic N) is 1. The quantitative estimate of drug-likeness (QED) is 0.513. The Morgan fingerprint density at radius 1 is 1.08 bits per heavy atom. The number of benzene rings is 2. The number of hydrogen-bond acceptors (Lipinski definition) is 6. The molecule has 1 N–H and O–H groups in total. The standard InChI is InChI=1S/C16H14N2O6/c1-23-10-7-8-13(14(9-10)18(21)22)17-15(19)11-5-3-4-6-12(11)16(20)24-2/h3-9H,1-2H3,(H,17,19). The highest BCUT2D eigenvalue weighted by Gasteiger charge is 2.21. The van der Waals surface area contributed by atoms with Crippen molar-refractivity contribution < 1.29 is 24.0 Å². The maximum atomic E-state index is 12.4. The minimum Gasteiger partial charge on any atom is -0.496 e. The number of carbonyl (C=O) groups is 2. The van der Waals surface area contributed by atoms with E-state index in [2.05, 4.69) is 10.1 Å². The van der Waals surface area contributed by atoms with E-state index in [1.807, 2.05) is 0 Å². The Balaban J connectivity index is 2.38. The van der Waals surface area contributed by atoms with Crippen molar-refractivity contribution in [2.45, 2.75) is 0 Å². The van der Waals surface area contributed by atoms with Crippen LogP contribution in [0.2, 0.25) is 0 Å². The summed E-state index contributed by atoms with van der Waals surface area (Å²) in [7, 11) is 2.58. The molecule has 0 atom stereocenters. The molecule has 0 aliphatic carbocycles. The molecule has 0 radical (unpaired) electrons. The first-order chi connectivity index (χ1) is 11.5. The van der Waals surface area contributed by atoms with Gasteiger partial charge in [0.25, 0.3) is 11.6 Å². The Morgan fingerprint density at radius 3 is 2.33 bits per heavy atom. The predicted molar refractivity (Wildman–Crippen MR) is 85.4 cm³/mol. The van der Waals surface area contributed by atoms with Crippen LogP contribution < -0.4 is 10.1 Å². The molecule has 0 spiro atoms. The fraction of sp³-hybridized carbons (Fsp3) is 0.125. The number of amides is 1.